The van der Waals surface area contributed by atoms with Crippen molar-refractivity contribution in [1.82, 2.24) is 0 Å². The highest BCUT2D eigenvalue weighted by Gasteiger charge is 2.19. The molecule has 0 saturated carbocycles. The van der Waals surface area contributed by atoms with Crippen molar-refractivity contribution < 1.29 is 28.5 Å². The lowest BCUT2D eigenvalue weighted by Gasteiger charge is -2.16. The Morgan fingerprint density at radius 2 is 1.19 bits per heavy atom. The van der Waals surface area contributed by atoms with Crippen LogP contribution in [0.25, 0.3) is 21.5 Å². The molecule has 0 N–H and O–H groups in total. The van der Waals surface area contributed by atoms with E-state index in [1.54, 1.807) is 47.5 Å². The Morgan fingerprint density at radius 1 is 0.704 bits per heavy atom. The van der Waals surface area contributed by atoms with Crippen molar-refractivity contribution in [3.8, 4) is 23.0 Å². The van der Waals surface area contributed by atoms with E-state index in [1.165, 1.54) is 0 Å². The summed E-state index contributed by atoms with van der Waals surface area (Å²) in [5.74, 6) is 1.90. The summed E-state index contributed by atoms with van der Waals surface area (Å²) in [7, 11) is 6.29. The van der Waals surface area contributed by atoms with E-state index in [0.717, 1.165) is 16.2 Å². The molecule has 0 bridgehead atoms. The van der Waals surface area contributed by atoms with Gasteiger partial charge in [-0.25, -0.2) is 4.79 Å². The van der Waals surface area contributed by atoms with Crippen molar-refractivity contribution >= 4 is 27.5 Å². The molecule has 0 amide bonds. The molecule has 0 fully saturated rings. The molecule has 0 aliphatic rings. The van der Waals surface area contributed by atoms with Crippen molar-refractivity contribution in [3.05, 3.63) is 35.9 Å². The van der Waals surface area contributed by atoms with Gasteiger partial charge in [-0.1, -0.05) is 0 Å². The van der Waals surface area contributed by atoms with Gasteiger partial charge in [-0.05, 0) is 53.4 Å². The van der Waals surface area contributed by atoms with Crippen LogP contribution >= 0.6 is 0 Å². The van der Waals surface area contributed by atoms with Crippen LogP contribution in [0, 0.1) is 0 Å². The second kappa shape index (κ2) is 7.61. The molecule has 0 heterocycles. The highest BCUT2D eigenvalue weighted by atomic mass is 16.5. The van der Waals surface area contributed by atoms with E-state index in [2.05, 4.69) is 0 Å². The maximum absolute atomic E-state index is 12.6. The van der Waals surface area contributed by atoms with E-state index in [9.17, 15) is 4.79 Å². The minimum absolute atomic E-state index is 0.289. The summed E-state index contributed by atoms with van der Waals surface area (Å²) < 4.78 is 26.9. The van der Waals surface area contributed by atoms with Crippen molar-refractivity contribution in [2.45, 2.75) is 6.92 Å². The van der Waals surface area contributed by atoms with Gasteiger partial charge in [-0.2, -0.15) is 0 Å². The van der Waals surface area contributed by atoms with E-state index in [0.29, 0.717) is 33.9 Å². The summed E-state index contributed by atoms with van der Waals surface area (Å²) in [5.41, 5.74) is 0.451. The van der Waals surface area contributed by atoms with Gasteiger partial charge in [0.05, 0.1) is 40.6 Å². The number of ether oxygens (including phenoxy) is 5. The first kappa shape index (κ1) is 18.6. The number of methoxy groups -OCH3 is 4. The van der Waals surface area contributed by atoms with Gasteiger partial charge in [0.15, 0.2) is 23.0 Å². The van der Waals surface area contributed by atoms with Gasteiger partial charge in [0, 0.05) is 5.39 Å². The molecule has 0 spiro atoms. The standard InChI is InChI=1S/C21H22O6/c1-6-27-21(22)16-7-12-8-17(23-2)18(24-3)9-13(12)14-10-19(25-4)20(26-5)11-15(14)16/h7-11H,6H2,1-5H3. The zero-order valence-corrected chi connectivity index (χ0v) is 16.0. The van der Waals surface area contributed by atoms with Crippen LogP contribution in [0.1, 0.15) is 17.3 Å². The lowest BCUT2D eigenvalue weighted by Crippen LogP contribution is -2.06. The fraction of sp³-hybridized carbons (Fsp3) is 0.286. The van der Waals surface area contributed by atoms with Crippen LogP contribution < -0.4 is 18.9 Å². The number of esters is 1. The molecule has 0 aliphatic carbocycles. The first-order valence-corrected chi connectivity index (χ1v) is 8.49. The van der Waals surface area contributed by atoms with E-state index in [4.69, 9.17) is 23.7 Å². The Bertz CT molecular complexity index is 1010. The van der Waals surface area contributed by atoms with Crippen molar-refractivity contribution in [3.63, 3.8) is 0 Å². The van der Waals surface area contributed by atoms with Crippen LogP contribution in [0.5, 0.6) is 23.0 Å². The van der Waals surface area contributed by atoms with Crippen LogP contribution in [0.3, 0.4) is 0 Å². The Hall–Kier alpha value is -3.15. The van der Waals surface area contributed by atoms with Gasteiger partial charge in [-0.15, -0.1) is 0 Å². The largest absolute Gasteiger partial charge is 0.493 e. The van der Waals surface area contributed by atoms with Gasteiger partial charge < -0.3 is 23.7 Å². The molecule has 6 nitrogen and oxygen atoms in total. The monoisotopic (exact) mass is 370 g/mol. The van der Waals surface area contributed by atoms with E-state index in [-0.39, 0.29) is 6.61 Å². The number of rotatable bonds is 6. The molecule has 0 aliphatic heterocycles. The Balaban J connectivity index is 2.46. The first-order valence-electron chi connectivity index (χ1n) is 8.49. The molecular weight excluding hydrogens is 348 g/mol. The molecule has 0 atom stereocenters. The fourth-order valence-corrected chi connectivity index (χ4v) is 3.18. The van der Waals surface area contributed by atoms with E-state index >= 15 is 0 Å². The average Bonchev–Trinajstić information content (AvgIpc) is 2.70. The van der Waals surface area contributed by atoms with Gasteiger partial charge in [0.2, 0.25) is 0 Å². The van der Waals surface area contributed by atoms with Gasteiger partial charge >= 0.3 is 5.97 Å². The van der Waals surface area contributed by atoms with Gasteiger partial charge in [-0.3, -0.25) is 0 Å². The molecule has 0 saturated heterocycles. The quantitative estimate of drug-likeness (QED) is 0.479. The van der Waals surface area contributed by atoms with Crippen molar-refractivity contribution in [1.29, 1.82) is 0 Å². The van der Waals surface area contributed by atoms with E-state index < -0.39 is 5.97 Å². The van der Waals surface area contributed by atoms with Crippen molar-refractivity contribution in [2.75, 3.05) is 35.0 Å². The third-order valence-corrected chi connectivity index (χ3v) is 4.45. The lowest BCUT2D eigenvalue weighted by atomic mass is 9.96. The van der Waals surface area contributed by atoms with Crippen LogP contribution in [0.2, 0.25) is 0 Å². The Labute approximate surface area is 157 Å². The summed E-state index contributed by atoms with van der Waals surface area (Å²) in [5, 5.41) is 3.27. The molecular formula is C21H22O6. The van der Waals surface area contributed by atoms with Crippen LogP contribution in [0.15, 0.2) is 30.3 Å². The van der Waals surface area contributed by atoms with Gasteiger partial charge in [0.25, 0.3) is 0 Å². The topological polar surface area (TPSA) is 63.2 Å². The number of fused-ring (bicyclic) bond motifs is 3. The molecule has 3 aromatic rings. The summed E-state index contributed by atoms with van der Waals surface area (Å²) >= 11 is 0. The predicted molar refractivity (Wildman–Crippen MR) is 104 cm³/mol. The number of carbonyl (C=O) groups is 1. The molecule has 3 rings (SSSR count). The molecule has 0 aromatic heterocycles. The highest BCUT2D eigenvalue weighted by Crippen LogP contribution is 2.41. The molecule has 142 valence electrons. The second-order valence-electron chi connectivity index (χ2n) is 5.83. The zero-order chi connectivity index (χ0) is 19.6. The average molecular weight is 370 g/mol. The lowest BCUT2D eigenvalue weighted by molar-refractivity contribution is 0.0529. The number of carbonyl (C=O) groups excluding carboxylic acids is 1. The predicted octanol–water partition coefficient (Wildman–Crippen LogP) is 4.20. The molecule has 27 heavy (non-hydrogen) atoms. The molecule has 3 aromatic carbocycles. The zero-order valence-electron chi connectivity index (χ0n) is 16.0. The fourth-order valence-electron chi connectivity index (χ4n) is 3.18. The number of hydrogen-bond acceptors (Lipinski definition) is 6. The van der Waals surface area contributed by atoms with Crippen LogP contribution in [-0.4, -0.2) is 41.0 Å². The number of benzene rings is 3. The molecule has 0 radical (unpaired) electrons. The summed E-state index contributed by atoms with van der Waals surface area (Å²) in [6, 6.07) is 9.16. The highest BCUT2D eigenvalue weighted by molar-refractivity contribution is 6.17. The van der Waals surface area contributed by atoms with E-state index in [1.807, 2.05) is 18.2 Å². The van der Waals surface area contributed by atoms with Crippen LogP contribution in [-0.2, 0) is 4.74 Å². The summed E-state index contributed by atoms with van der Waals surface area (Å²) in [6.07, 6.45) is 0. The summed E-state index contributed by atoms with van der Waals surface area (Å²) in [6.45, 7) is 2.07. The minimum atomic E-state index is -0.397. The van der Waals surface area contributed by atoms with Gasteiger partial charge in [0.1, 0.15) is 0 Å². The van der Waals surface area contributed by atoms with Crippen LogP contribution in [0.4, 0.5) is 0 Å². The maximum Gasteiger partial charge on any atom is 0.338 e. The second-order valence-corrected chi connectivity index (χ2v) is 5.83. The SMILES string of the molecule is CCOC(=O)c1cc2cc(OC)c(OC)cc2c2cc(OC)c(OC)cc12. The minimum Gasteiger partial charge on any atom is -0.493 e. The third kappa shape index (κ3) is 3.18. The molecule has 6 heteroatoms. The Morgan fingerprint density at radius 3 is 1.70 bits per heavy atom. The first-order chi connectivity index (χ1) is 13.1. The third-order valence-electron chi connectivity index (χ3n) is 4.45. The normalized spacial score (nSPS) is 10.7. The Kier molecular flexibility index (Phi) is 5.26. The number of hydrogen-bond donors (Lipinski definition) is 0. The smallest absolute Gasteiger partial charge is 0.338 e. The molecule has 0 unspecified atom stereocenters. The van der Waals surface area contributed by atoms with Crippen molar-refractivity contribution in [2.24, 2.45) is 0 Å². The maximum atomic E-state index is 12.6. The summed E-state index contributed by atoms with van der Waals surface area (Å²) in [4.78, 5) is 12.6.